The van der Waals surface area contributed by atoms with Gasteiger partial charge in [-0.1, -0.05) is 29.8 Å². The van der Waals surface area contributed by atoms with E-state index in [-0.39, 0.29) is 10.7 Å². The normalized spacial score (nSPS) is 15.5. The quantitative estimate of drug-likeness (QED) is 0.358. The predicted octanol–water partition coefficient (Wildman–Crippen LogP) is 4.85. The van der Waals surface area contributed by atoms with E-state index in [1.807, 2.05) is 52.0 Å². The van der Waals surface area contributed by atoms with Crippen molar-refractivity contribution in [2.75, 3.05) is 4.90 Å². The number of aromatic nitrogens is 1. The molecule has 2 amide bonds. The highest BCUT2D eigenvalue weighted by atomic mass is 32.1. The number of benzene rings is 2. The van der Waals surface area contributed by atoms with Gasteiger partial charge in [0.2, 0.25) is 0 Å². The van der Waals surface area contributed by atoms with Crippen LogP contribution in [0.4, 0.5) is 5.69 Å². The lowest BCUT2D eigenvalue weighted by molar-refractivity contribution is -0.122. The van der Waals surface area contributed by atoms with E-state index in [2.05, 4.69) is 41.1 Å². The molecule has 1 saturated heterocycles. The number of hydrogen-bond donors (Lipinski definition) is 1. The van der Waals surface area contributed by atoms with Crippen LogP contribution in [0.2, 0.25) is 0 Å². The molecule has 0 atom stereocenters. The van der Waals surface area contributed by atoms with Gasteiger partial charge in [-0.25, -0.2) is 0 Å². The van der Waals surface area contributed by atoms with Gasteiger partial charge in [0, 0.05) is 17.1 Å². The van der Waals surface area contributed by atoms with E-state index in [1.165, 1.54) is 10.5 Å². The summed E-state index contributed by atoms with van der Waals surface area (Å²) in [6.45, 7) is 9.91. The van der Waals surface area contributed by atoms with Crippen LogP contribution in [0.15, 0.2) is 54.1 Å². The minimum absolute atomic E-state index is 0.0589. The Balaban J connectivity index is 1.78. The van der Waals surface area contributed by atoms with Crippen LogP contribution in [0.3, 0.4) is 0 Å². The number of nitrogens with one attached hydrogen (secondary N) is 1. The first-order chi connectivity index (χ1) is 15.2. The zero-order chi connectivity index (χ0) is 23.2. The number of rotatable bonds is 3. The van der Waals surface area contributed by atoms with Gasteiger partial charge in [0.1, 0.15) is 5.57 Å². The van der Waals surface area contributed by atoms with Gasteiger partial charge in [-0.3, -0.25) is 19.8 Å². The zero-order valence-electron chi connectivity index (χ0n) is 18.8. The Morgan fingerprint density at radius 3 is 2.22 bits per heavy atom. The highest BCUT2D eigenvalue weighted by Gasteiger charge is 2.35. The molecule has 2 heterocycles. The molecule has 1 fully saturated rings. The second kappa shape index (κ2) is 8.20. The van der Waals surface area contributed by atoms with E-state index in [1.54, 1.807) is 6.08 Å². The Bertz CT molecular complexity index is 1300. The number of nitrogens with zero attached hydrogens (tertiary/aromatic N) is 2. The lowest BCUT2D eigenvalue weighted by atomic mass is 10.0. The number of thiocarbonyl (C=S) groups is 1. The lowest BCUT2D eigenvalue weighted by Gasteiger charge is -2.30. The molecule has 1 aliphatic heterocycles. The van der Waals surface area contributed by atoms with Gasteiger partial charge < -0.3 is 4.57 Å². The van der Waals surface area contributed by atoms with Gasteiger partial charge in [0.05, 0.1) is 5.69 Å². The first-order valence-electron chi connectivity index (χ1n) is 10.4. The molecule has 4 rings (SSSR count). The van der Waals surface area contributed by atoms with Crippen molar-refractivity contribution >= 4 is 40.9 Å². The van der Waals surface area contributed by atoms with Crippen molar-refractivity contribution in [1.29, 1.82) is 0 Å². The second-order valence-corrected chi connectivity index (χ2v) is 8.63. The Labute approximate surface area is 193 Å². The van der Waals surface area contributed by atoms with Crippen LogP contribution >= 0.6 is 12.2 Å². The van der Waals surface area contributed by atoms with Crippen LogP contribution in [0.1, 0.15) is 33.6 Å². The molecule has 0 radical (unpaired) electrons. The van der Waals surface area contributed by atoms with Crippen molar-refractivity contribution in [3.05, 3.63) is 87.7 Å². The molecule has 32 heavy (non-hydrogen) atoms. The summed E-state index contributed by atoms with van der Waals surface area (Å²) >= 11 is 5.35. The van der Waals surface area contributed by atoms with Gasteiger partial charge in [-0.05, 0) is 93.9 Å². The smallest absolute Gasteiger partial charge is 0.270 e. The van der Waals surface area contributed by atoms with Crippen LogP contribution in [-0.2, 0) is 9.59 Å². The van der Waals surface area contributed by atoms with Crippen LogP contribution in [0.5, 0.6) is 0 Å². The maximum atomic E-state index is 13.4. The van der Waals surface area contributed by atoms with Gasteiger partial charge in [0.15, 0.2) is 5.11 Å². The molecule has 6 heteroatoms. The summed E-state index contributed by atoms with van der Waals surface area (Å²) in [5, 5.41) is 2.77. The summed E-state index contributed by atoms with van der Waals surface area (Å²) in [6, 6.07) is 16.1. The zero-order valence-corrected chi connectivity index (χ0v) is 19.6. The van der Waals surface area contributed by atoms with Crippen molar-refractivity contribution in [3.63, 3.8) is 0 Å². The standard InChI is InChI=1S/C26H25N3O2S/c1-15-7-10-21(11-8-15)28-18(4)13-20(19(28)5)14-22-24(30)27-26(32)29(25(22)31)23-12-16(2)6-9-17(23)3/h6-14H,1-5H3,(H,27,30,32)/b22-14-. The first kappa shape index (κ1) is 21.7. The molecule has 5 nitrogen and oxygen atoms in total. The average Bonchev–Trinajstić information content (AvgIpc) is 3.01. The number of hydrogen-bond acceptors (Lipinski definition) is 3. The monoisotopic (exact) mass is 443 g/mol. The van der Waals surface area contributed by atoms with Gasteiger partial charge in [-0.15, -0.1) is 0 Å². The Morgan fingerprint density at radius 2 is 1.53 bits per heavy atom. The van der Waals surface area contributed by atoms with Crippen molar-refractivity contribution in [1.82, 2.24) is 9.88 Å². The highest BCUT2D eigenvalue weighted by molar-refractivity contribution is 7.80. The molecule has 1 aromatic heterocycles. The van der Waals surface area contributed by atoms with Gasteiger partial charge in [-0.2, -0.15) is 0 Å². The maximum Gasteiger partial charge on any atom is 0.270 e. The van der Waals surface area contributed by atoms with E-state index >= 15 is 0 Å². The lowest BCUT2D eigenvalue weighted by Crippen LogP contribution is -2.54. The molecule has 0 aliphatic carbocycles. The van der Waals surface area contributed by atoms with E-state index < -0.39 is 11.8 Å². The fourth-order valence-electron chi connectivity index (χ4n) is 4.02. The van der Waals surface area contributed by atoms with E-state index in [9.17, 15) is 9.59 Å². The summed E-state index contributed by atoms with van der Waals surface area (Å²) < 4.78 is 2.12. The molecule has 3 aromatic rings. The first-order valence-corrected chi connectivity index (χ1v) is 10.8. The van der Waals surface area contributed by atoms with E-state index in [0.29, 0.717) is 5.69 Å². The molecule has 1 N–H and O–H groups in total. The Kier molecular flexibility index (Phi) is 5.57. The van der Waals surface area contributed by atoms with Gasteiger partial charge >= 0.3 is 0 Å². The van der Waals surface area contributed by atoms with E-state index in [4.69, 9.17) is 12.2 Å². The van der Waals surface area contributed by atoms with Crippen molar-refractivity contribution in [2.24, 2.45) is 0 Å². The number of amides is 2. The maximum absolute atomic E-state index is 13.4. The largest absolute Gasteiger partial charge is 0.318 e. The average molecular weight is 444 g/mol. The van der Waals surface area contributed by atoms with Crippen molar-refractivity contribution in [2.45, 2.75) is 34.6 Å². The summed E-state index contributed by atoms with van der Waals surface area (Å²) in [5.41, 5.74) is 7.65. The van der Waals surface area contributed by atoms with Crippen molar-refractivity contribution < 1.29 is 9.59 Å². The van der Waals surface area contributed by atoms with Crippen LogP contribution in [0.25, 0.3) is 11.8 Å². The molecule has 0 saturated carbocycles. The predicted molar refractivity (Wildman–Crippen MR) is 132 cm³/mol. The fraction of sp³-hybridized carbons (Fsp3) is 0.192. The number of anilines is 1. The van der Waals surface area contributed by atoms with Crippen LogP contribution < -0.4 is 10.2 Å². The summed E-state index contributed by atoms with van der Waals surface area (Å²) in [5.74, 6) is -0.908. The summed E-state index contributed by atoms with van der Waals surface area (Å²) in [7, 11) is 0. The van der Waals surface area contributed by atoms with Crippen LogP contribution in [-0.4, -0.2) is 21.5 Å². The third-order valence-electron chi connectivity index (χ3n) is 5.77. The molecule has 0 bridgehead atoms. The third-order valence-corrected chi connectivity index (χ3v) is 6.05. The molecule has 2 aromatic carbocycles. The minimum atomic E-state index is -0.485. The molecular formula is C26H25N3O2S. The Morgan fingerprint density at radius 1 is 0.875 bits per heavy atom. The topological polar surface area (TPSA) is 54.3 Å². The Hall–Kier alpha value is -3.51. The van der Waals surface area contributed by atoms with Gasteiger partial charge in [0.25, 0.3) is 11.8 Å². The summed E-state index contributed by atoms with van der Waals surface area (Å²) in [6.07, 6.45) is 1.66. The molecule has 162 valence electrons. The molecule has 0 spiro atoms. The molecule has 1 aliphatic rings. The highest BCUT2D eigenvalue weighted by Crippen LogP contribution is 2.28. The second-order valence-electron chi connectivity index (χ2n) is 8.25. The SMILES string of the molecule is Cc1ccc(-n2c(C)cc(/C=C3/C(=O)NC(=S)N(c4cc(C)ccc4C)C3=O)c2C)cc1. The number of aryl methyl sites for hydroxylation is 4. The number of carbonyl (C=O) groups is 2. The fourth-order valence-corrected chi connectivity index (χ4v) is 4.29. The minimum Gasteiger partial charge on any atom is -0.318 e. The summed E-state index contributed by atoms with van der Waals surface area (Å²) in [4.78, 5) is 27.6. The number of carbonyl (C=O) groups excluding carboxylic acids is 2. The molecule has 0 unspecified atom stereocenters. The van der Waals surface area contributed by atoms with E-state index in [0.717, 1.165) is 33.8 Å². The van der Waals surface area contributed by atoms with Crippen LogP contribution in [0, 0.1) is 34.6 Å². The third kappa shape index (κ3) is 3.78. The van der Waals surface area contributed by atoms with Crippen molar-refractivity contribution in [3.8, 4) is 5.69 Å². The molecular weight excluding hydrogens is 418 g/mol.